The first-order valence-electron chi connectivity index (χ1n) is 6.98. The van der Waals surface area contributed by atoms with Crippen molar-refractivity contribution in [2.24, 2.45) is 7.05 Å². The quantitative estimate of drug-likeness (QED) is 0.627. The predicted molar refractivity (Wildman–Crippen MR) is 82.2 cm³/mol. The molecular weight excluding hydrogens is 266 g/mol. The van der Waals surface area contributed by atoms with Crippen molar-refractivity contribution in [2.45, 2.75) is 32.1 Å². The molecule has 2 aromatic rings. The largest absolute Gasteiger partial charge is 0.469 e. The summed E-state index contributed by atoms with van der Waals surface area (Å²) >= 11 is 0. The van der Waals surface area contributed by atoms with Crippen LogP contribution in [0.1, 0.15) is 32.3 Å². The number of fused-ring (bicyclic) bond motifs is 1. The monoisotopic (exact) mass is 287 g/mol. The second-order valence-electron chi connectivity index (χ2n) is 6.02. The van der Waals surface area contributed by atoms with E-state index in [4.69, 9.17) is 0 Å². The number of methoxy groups -OCH3 is 1. The van der Waals surface area contributed by atoms with Crippen LogP contribution in [-0.2, 0) is 26.8 Å². The SMILES string of the molecule is COC(=O)CC(=O)CC(C)(C)c1cn(C)c2ccccc12. The normalized spacial score (nSPS) is 11.6. The molecular formula is C17H21NO3. The second kappa shape index (κ2) is 5.72. The van der Waals surface area contributed by atoms with E-state index in [9.17, 15) is 9.59 Å². The minimum absolute atomic E-state index is 0.0974. The molecule has 0 saturated carbocycles. The minimum atomic E-state index is -0.478. The molecule has 1 aromatic carbocycles. The molecule has 4 heteroatoms. The lowest BCUT2D eigenvalue weighted by molar-refractivity contribution is -0.143. The highest BCUT2D eigenvalue weighted by molar-refractivity contribution is 5.96. The molecule has 1 heterocycles. The van der Waals surface area contributed by atoms with Gasteiger partial charge in [0.05, 0.1) is 7.11 Å². The van der Waals surface area contributed by atoms with E-state index in [2.05, 4.69) is 27.6 Å². The van der Waals surface area contributed by atoms with Gasteiger partial charge in [-0.25, -0.2) is 0 Å². The number of benzene rings is 1. The zero-order chi connectivity index (χ0) is 15.6. The fourth-order valence-corrected chi connectivity index (χ4v) is 2.76. The molecule has 0 amide bonds. The van der Waals surface area contributed by atoms with E-state index in [1.54, 1.807) is 0 Å². The van der Waals surface area contributed by atoms with Gasteiger partial charge in [-0.3, -0.25) is 9.59 Å². The van der Waals surface area contributed by atoms with Gasteiger partial charge in [0.25, 0.3) is 0 Å². The number of carbonyl (C=O) groups is 2. The lowest BCUT2D eigenvalue weighted by Gasteiger charge is -2.23. The van der Waals surface area contributed by atoms with E-state index in [1.165, 1.54) is 7.11 Å². The molecule has 0 spiro atoms. The summed E-state index contributed by atoms with van der Waals surface area (Å²) in [5.41, 5.74) is 1.94. The summed E-state index contributed by atoms with van der Waals surface area (Å²) in [6.07, 6.45) is 2.22. The molecule has 0 atom stereocenters. The zero-order valence-electron chi connectivity index (χ0n) is 13.0. The topological polar surface area (TPSA) is 48.3 Å². The molecule has 2 rings (SSSR count). The number of esters is 1. The van der Waals surface area contributed by atoms with Crippen molar-refractivity contribution in [1.82, 2.24) is 4.57 Å². The first-order valence-corrected chi connectivity index (χ1v) is 6.98. The van der Waals surface area contributed by atoms with Crippen LogP contribution in [0.4, 0.5) is 0 Å². The molecule has 112 valence electrons. The van der Waals surface area contributed by atoms with Crippen LogP contribution in [0.25, 0.3) is 10.9 Å². The molecule has 21 heavy (non-hydrogen) atoms. The molecule has 0 aliphatic carbocycles. The Kier molecular flexibility index (Phi) is 4.16. The van der Waals surface area contributed by atoms with Gasteiger partial charge in [0.15, 0.2) is 0 Å². The summed E-state index contributed by atoms with van der Waals surface area (Å²) in [5.74, 6) is -0.575. The maximum absolute atomic E-state index is 12.0. The Morgan fingerprint density at radius 1 is 1.24 bits per heavy atom. The lowest BCUT2D eigenvalue weighted by Crippen LogP contribution is -2.23. The molecule has 0 fully saturated rings. The highest BCUT2D eigenvalue weighted by Gasteiger charge is 2.28. The third-order valence-electron chi connectivity index (χ3n) is 3.83. The highest BCUT2D eigenvalue weighted by atomic mass is 16.5. The molecule has 0 saturated heterocycles. The summed E-state index contributed by atoms with van der Waals surface area (Å²) in [6.45, 7) is 4.06. The predicted octanol–water partition coefficient (Wildman–Crippen LogP) is 2.98. The Bertz CT molecular complexity index is 682. The van der Waals surface area contributed by atoms with E-state index in [0.717, 1.165) is 16.5 Å². The molecule has 0 radical (unpaired) electrons. The molecule has 0 N–H and O–H groups in total. The Morgan fingerprint density at radius 2 is 1.90 bits per heavy atom. The number of aryl methyl sites for hydroxylation is 1. The molecule has 0 bridgehead atoms. The van der Waals surface area contributed by atoms with Crippen LogP contribution in [0.2, 0.25) is 0 Å². The number of ether oxygens (including phenoxy) is 1. The second-order valence-corrected chi connectivity index (χ2v) is 6.02. The van der Waals surface area contributed by atoms with Crippen molar-refractivity contribution in [2.75, 3.05) is 7.11 Å². The average molecular weight is 287 g/mol. The molecule has 0 aliphatic rings. The third kappa shape index (κ3) is 3.15. The molecule has 0 aliphatic heterocycles. The van der Waals surface area contributed by atoms with Crippen molar-refractivity contribution >= 4 is 22.7 Å². The number of Topliss-reactive ketones (excluding diaryl/α,β-unsaturated/α-hetero) is 1. The van der Waals surface area contributed by atoms with Crippen LogP contribution < -0.4 is 0 Å². The minimum Gasteiger partial charge on any atom is -0.469 e. The Balaban J connectivity index is 2.29. The number of nitrogens with zero attached hydrogens (tertiary/aromatic N) is 1. The lowest BCUT2D eigenvalue weighted by atomic mass is 9.79. The maximum atomic E-state index is 12.0. The first-order chi connectivity index (χ1) is 9.85. The number of hydrogen-bond donors (Lipinski definition) is 0. The van der Waals surface area contributed by atoms with Crippen molar-refractivity contribution in [3.63, 3.8) is 0 Å². The fraction of sp³-hybridized carbons (Fsp3) is 0.412. The first kappa shape index (κ1) is 15.3. The number of para-hydroxylation sites is 1. The highest BCUT2D eigenvalue weighted by Crippen LogP contribution is 2.34. The summed E-state index contributed by atoms with van der Waals surface area (Å²) in [7, 11) is 3.30. The van der Waals surface area contributed by atoms with E-state index < -0.39 is 5.97 Å². The van der Waals surface area contributed by atoms with E-state index in [-0.39, 0.29) is 17.6 Å². The van der Waals surface area contributed by atoms with Gasteiger partial charge in [-0.15, -0.1) is 0 Å². The van der Waals surface area contributed by atoms with Crippen molar-refractivity contribution in [3.05, 3.63) is 36.0 Å². The van der Waals surface area contributed by atoms with Crippen LogP contribution in [0.3, 0.4) is 0 Å². The van der Waals surface area contributed by atoms with Crippen LogP contribution in [0, 0.1) is 0 Å². The summed E-state index contributed by atoms with van der Waals surface area (Å²) in [5, 5.41) is 1.15. The fourth-order valence-electron chi connectivity index (χ4n) is 2.76. The van der Waals surface area contributed by atoms with Gasteiger partial charge in [0.1, 0.15) is 12.2 Å². The number of aromatic nitrogens is 1. The van der Waals surface area contributed by atoms with Crippen LogP contribution in [0.5, 0.6) is 0 Å². The zero-order valence-corrected chi connectivity index (χ0v) is 13.0. The van der Waals surface area contributed by atoms with Crippen molar-refractivity contribution in [3.8, 4) is 0 Å². The van der Waals surface area contributed by atoms with E-state index >= 15 is 0 Å². The van der Waals surface area contributed by atoms with E-state index in [1.807, 2.05) is 33.0 Å². The van der Waals surface area contributed by atoms with Gasteiger partial charge in [-0.05, 0) is 17.0 Å². The van der Waals surface area contributed by atoms with E-state index in [0.29, 0.717) is 6.42 Å². The summed E-state index contributed by atoms with van der Waals surface area (Å²) in [4.78, 5) is 23.3. The molecule has 0 unspecified atom stereocenters. The Hall–Kier alpha value is -2.10. The van der Waals surface area contributed by atoms with Crippen molar-refractivity contribution in [1.29, 1.82) is 0 Å². The summed E-state index contributed by atoms with van der Waals surface area (Å²) in [6, 6.07) is 8.13. The van der Waals surface area contributed by atoms with Gasteiger partial charge in [-0.2, -0.15) is 0 Å². The number of rotatable bonds is 5. The average Bonchev–Trinajstić information content (AvgIpc) is 2.77. The smallest absolute Gasteiger partial charge is 0.313 e. The van der Waals surface area contributed by atoms with Crippen LogP contribution in [-0.4, -0.2) is 23.4 Å². The number of ketones is 1. The van der Waals surface area contributed by atoms with Crippen LogP contribution in [0.15, 0.2) is 30.5 Å². The van der Waals surface area contributed by atoms with Gasteiger partial charge in [0, 0.05) is 30.6 Å². The van der Waals surface area contributed by atoms with Gasteiger partial charge in [0.2, 0.25) is 0 Å². The van der Waals surface area contributed by atoms with Gasteiger partial charge < -0.3 is 9.30 Å². The number of carbonyl (C=O) groups excluding carboxylic acids is 2. The maximum Gasteiger partial charge on any atom is 0.313 e. The third-order valence-corrected chi connectivity index (χ3v) is 3.83. The Labute approximate surface area is 124 Å². The standard InChI is InChI=1S/C17H21NO3/c1-17(2,10-12(19)9-16(20)21-4)14-11-18(3)15-8-6-5-7-13(14)15/h5-8,11H,9-10H2,1-4H3. The van der Waals surface area contributed by atoms with Crippen LogP contribution >= 0.6 is 0 Å². The van der Waals surface area contributed by atoms with Gasteiger partial charge >= 0.3 is 5.97 Å². The number of hydrogen-bond acceptors (Lipinski definition) is 3. The van der Waals surface area contributed by atoms with Gasteiger partial charge in [-0.1, -0.05) is 32.0 Å². The summed E-state index contributed by atoms with van der Waals surface area (Å²) < 4.78 is 6.62. The van der Waals surface area contributed by atoms with Crippen molar-refractivity contribution < 1.29 is 14.3 Å². The Morgan fingerprint density at radius 3 is 2.57 bits per heavy atom. The molecule has 4 nitrogen and oxygen atoms in total. The molecule has 1 aromatic heterocycles.